The molecule has 1 amide bonds. The second-order valence-corrected chi connectivity index (χ2v) is 7.70. The van der Waals surface area contributed by atoms with E-state index in [-0.39, 0.29) is 24.4 Å². The van der Waals surface area contributed by atoms with E-state index in [9.17, 15) is 19.2 Å². The van der Waals surface area contributed by atoms with Crippen LogP contribution in [0.25, 0.3) is 6.08 Å². The quantitative estimate of drug-likeness (QED) is 0.299. The first-order chi connectivity index (χ1) is 16.2. The smallest absolute Gasteiger partial charge is 0.396 e. The third-order valence-corrected chi connectivity index (χ3v) is 5.10. The lowest BCUT2D eigenvalue weighted by atomic mass is 10.1. The van der Waals surface area contributed by atoms with Crippen LogP contribution in [0.15, 0.2) is 51.7 Å². The first-order valence-electron chi connectivity index (χ1n) is 10.6. The van der Waals surface area contributed by atoms with Crippen LogP contribution < -0.4 is 10.2 Å². The Kier molecular flexibility index (Phi) is 7.35. The fraction of sp³-hybridized carbons (Fsp3) is 0.280. The Bertz CT molecular complexity index is 1200. The van der Waals surface area contributed by atoms with Gasteiger partial charge in [-0.25, -0.2) is 9.59 Å². The summed E-state index contributed by atoms with van der Waals surface area (Å²) >= 11 is 0. The number of amides is 1. The summed E-state index contributed by atoms with van der Waals surface area (Å²) in [5, 5.41) is 2.41. The van der Waals surface area contributed by atoms with Crippen LogP contribution in [0.4, 0.5) is 5.69 Å². The molecule has 1 aromatic heterocycles. The van der Waals surface area contributed by atoms with Gasteiger partial charge < -0.3 is 24.1 Å². The van der Waals surface area contributed by atoms with Crippen molar-refractivity contribution in [1.82, 2.24) is 5.32 Å². The van der Waals surface area contributed by atoms with E-state index in [4.69, 9.17) is 9.15 Å². The van der Waals surface area contributed by atoms with E-state index in [1.807, 2.05) is 32.0 Å². The zero-order valence-electron chi connectivity index (χ0n) is 19.7. The molecule has 0 bridgehead atoms. The molecule has 9 nitrogen and oxygen atoms in total. The molecule has 1 aromatic carbocycles. The fourth-order valence-electron chi connectivity index (χ4n) is 3.71. The average molecular weight is 466 g/mol. The molecule has 178 valence electrons. The van der Waals surface area contributed by atoms with Crippen molar-refractivity contribution >= 4 is 35.4 Å². The average Bonchev–Trinajstić information content (AvgIpc) is 3.33. The van der Waals surface area contributed by atoms with Gasteiger partial charge in [-0.3, -0.25) is 9.59 Å². The van der Waals surface area contributed by atoms with Gasteiger partial charge in [0, 0.05) is 17.5 Å². The lowest BCUT2D eigenvalue weighted by molar-refractivity contribution is -0.154. The van der Waals surface area contributed by atoms with Gasteiger partial charge in [0.15, 0.2) is 0 Å². The van der Waals surface area contributed by atoms with Gasteiger partial charge in [-0.15, -0.1) is 0 Å². The van der Waals surface area contributed by atoms with Crippen LogP contribution in [-0.2, 0) is 35.2 Å². The van der Waals surface area contributed by atoms with Gasteiger partial charge in [0.2, 0.25) is 5.78 Å². The summed E-state index contributed by atoms with van der Waals surface area (Å²) < 4.78 is 15.2. The number of nitrogens with one attached hydrogen (secondary N) is 1. The lowest BCUT2D eigenvalue weighted by Crippen LogP contribution is -2.31. The standard InChI is InChI=1S/C25H26N2O7/c1-6-33-25(31)23(29)26-13-19-8-7-18(34-19)12-20-22(28)21(24(30)32-5)16(4)27(20)17-10-14(2)9-15(3)11-17/h7-12H,6,13H2,1-5H3,(H,26,29)/b20-12-. The number of carbonyl (C=O) groups is 4. The number of hydrogen-bond donors (Lipinski definition) is 1. The molecule has 0 aliphatic carbocycles. The number of hydrogen-bond acceptors (Lipinski definition) is 8. The van der Waals surface area contributed by atoms with Crippen LogP contribution in [0.1, 0.15) is 36.5 Å². The predicted molar refractivity (Wildman–Crippen MR) is 123 cm³/mol. The zero-order valence-corrected chi connectivity index (χ0v) is 19.7. The van der Waals surface area contributed by atoms with Crippen molar-refractivity contribution in [3.8, 4) is 0 Å². The Balaban J connectivity index is 1.93. The van der Waals surface area contributed by atoms with Gasteiger partial charge in [0.25, 0.3) is 0 Å². The molecule has 0 saturated carbocycles. The molecule has 0 saturated heterocycles. The lowest BCUT2D eigenvalue weighted by Gasteiger charge is -2.22. The van der Waals surface area contributed by atoms with Crippen molar-refractivity contribution in [3.05, 3.63) is 69.9 Å². The van der Waals surface area contributed by atoms with Gasteiger partial charge in [0.1, 0.15) is 17.1 Å². The molecule has 0 spiro atoms. The molecular weight excluding hydrogens is 440 g/mol. The van der Waals surface area contributed by atoms with E-state index < -0.39 is 23.6 Å². The summed E-state index contributed by atoms with van der Waals surface area (Å²) in [5.74, 6) is -2.37. The Hall–Kier alpha value is -4.14. The number of Topliss-reactive ketones (excluding diaryl/α,β-unsaturated/α-hetero) is 1. The minimum absolute atomic E-state index is 0.0414. The Morgan fingerprint density at radius 3 is 2.38 bits per heavy atom. The Labute approximate surface area is 197 Å². The van der Waals surface area contributed by atoms with Crippen molar-refractivity contribution in [3.63, 3.8) is 0 Å². The highest BCUT2D eigenvalue weighted by atomic mass is 16.5. The third-order valence-electron chi connectivity index (χ3n) is 5.10. The number of nitrogens with zero attached hydrogens (tertiary/aromatic N) is 1. The number of carbonyl (C=O) groups excluding carboxylic acids is 4. The molecule has 9 heteroatoms. The molecule has 2 aromatic rings. The van der Waals surface area contributed by atoms with E-state index in [1.54, 1.807) is 30.9 Å². The number of anilines is 1. The minimum Gasteiger partial charge on any atom is -0.465 e. The molecule has 1 aliphatic rings. The normalized spacial score (nSPS) is 14.6. The maximum absolute atomic E-state index is 13.2. The number of methoxy groups -OCH3 is 1. The number of benzene rings is 1. The summed E-state index contributed by atoms with van der Waals surface area (Å²) in [7, 11) is 1.22. The summed E-state index contributed by atoms with van der Waals surface area (Å²) in [6.45, 7) is 7.23. The third kappa shape index (κ3) is 5.09. The maximum Gasteiger partial charge on any atom is 0.396 e. The summed E-state index contributed by atoms with van der Waals surface area (Å²) in [4.78, 5) is 50.4. The van der Waals surface area contributed by atoms with Gasteiger partial charge in [-0.2, -0.15) is 0 Å². The van der Waals surface area contributed by atoms with Crippen LogP contribution in [0.3, 0.4) is 0 Å². The molecular formula is C25H26N2O7. The molecule has 3 rings (SSSR count). The highest BCUT2D eigenvalue weighted by Crippen LogP contribution is 2.36. The number of rotatable bonds is 6. The summed E-state index contributed by atoms with van der Waals surface area (Å²) in [6.07, 6.45) is 1.52. The number of furan rings is 1. The fourth-order valence-corrected chi connectivity index (χ4v) is 3.71. The number of ketones is 1. The summed E-state index contributed by atoms with van der Waals surface area (Å²) in [6, 6.07) is 9.07. The SMILES string of the molecule is CCOC(=O)C(=O)NCc1ccc(/C=C2/C(=O)C(C(=O)OC)=C(C)N2c2cc(C)cc(C)c2)o1. The number of aryl methyl sites for hydroxylation is 2. The Morgan fingerprint density at radius 1 is 1.09 bits per heavy atom. The Morgan fingerprint density at radius 2 is 1.76 bits per heavy atom. The van der Waals surface area contributed by atoms with Gasteiger partial charge >= 0.3 is 17.8 Å². The second kappa shape index (κ2) is 10.2. The molecule has 1 aliphatic heterocycles. The van der Waals surface area contributed by atoms with Crippen LogP contribution >= 0.6 is 0 Å². The zero-order chi connectivity index (χ0) is 25.0. The molecule has 0 radical (unpaired) electrons. The number of esters is 2. The first kappa shape index (κ1) is 24.5. The van der Waals surface area contributed by atoms with Crippen molar-refractivity contribution in [2.24, 2.45) is 0 Å². The van der Waals surface area contributed by atoms with E-state index in [1.165, 1.54) is 13.2 Å². The largest absolute Gasteiger partial charge is 0.465 e. The van der Waals surface area contributed by atoms with Crippen LogP contribution in [0, 0.1) is 13.8 Å². The predicted octanol–water partition coefficient (Wildman–Crippen LogP) is 2.95. The number of allylic oxidation sites excluding steroid dienone is 2. The molecule has 2 heterocycles. The molecule has 1 N–H and O–H groups in total. The molecule has 0 atom stereocenters. The second-order valence-electron chi connectivity index (χ2n) is 7.70. The van der Waals surface area contributed by atoms with Crippen molar-refractivity contribution in [2.45, 2.75) is 34.2 Å². The van der Waals surface area contributed by atoms with E-state index in [2.05, 4.69) is 10.1 Å². The highest BCUT2D eigenvalue weighted by molar-refractivity contribution is 6.32. The van der Waals surface area contributed by atoms with Crippen LogP contribution in [0.5, 0.6) is 0 Å². The minimum atomic E-state index is -0.978. The van der Waals surface area contributed by atoms with Crippen molar-refractivity contribution < 1.29 is 33.1 Å². The van der Waals surface area contributed by atoms with Crippen molar-refractivity contribution in [1.29, 1.82) is 0 Å². The monoisotopic (exact) mass is 466 g/mol. The number of ether oxygens (including phenoxy) is 2. The molecule has 34 heavy (non-hydrogen) atoms. The van der Waals surface area contributed by atoms with E-state index >= 15 is 0 Å². The van der Waals surface area contributed by atoms with Gasteiger partial charge in [0.05, 0.1) is 26.0 Å². The van der Waals surface area contributed by atoms with Gasteiger partial charge in [-0.05, 0) is 63.1 Å². The van der Waals surface area contributed by atoms with Crippen molar-refractivity contribution in [2.75, 3.05) is 18.6 Å². The topological polar surface area (TPSA) is 115 Å². The van der Waals surface area contributed by atoms with Crippen LogP contribution in [0.2, 0.25) is 0 Å². The maximum atomic E-state index is 13.2. The first-order valence-corrected chi connectivity index (χ1v) is 10.6. The summed E-state index contributed by atoms with van der Waals surface area (Å²) in [5.41, 5.74) is 3.33. The van der Waals surface area contributed by atoms with Gasteiger partial charge in [-0.1, -0.05) is 6.07 Å². The molecule has 0 unspecified atom stereocenters. The van der Waals surface area contributed by atoms with E-state index in [0.29, 0.717) is 17.2 Å². The highest BCUT2D eigenvalue weighted by Gasteiger charge is 2.38. The molecule has 0 fully saturated rings. The van der Waals surface area contributed by atoms with E-state index in [0.717, 1.165) is 16.8 Å². The van der Waals surface area contributed by atoms with Crippen LogP contribution in [-0.4, -0.2) is 37.3 Å².